The number of amides is 2. The Hall–Kier alpha value is -2.92. The normalized spacial score (nSPS) is 13.4. The lowest BCUT2D eigenvalue weighted by Crippen LogP contribution is -2.42. The van der Waals surface area contributed by atoms with Crippen LogP contribution < -0.4 is 0 Å². The van der Waals surface area contributed by atoms with Gasteiger partial charge in [-0.1, -0.05) is 0 Å². The van der Waals surface area contributed by atoms with Gasteiger partial charge in [-0.2, -0.15) is 0 Å². The van der Waals surface area contributed by atoms with Gasteiger partial charge in [0.15, 0.2) is 0 Å². The number of aliphatic hydroxyl groups excluding tert-OH is 1. The first kappa shape index (κ1) is 16.9. The Labute approximate surface area is 147 Å². The molecule has 3 rings (SSSR count). The predicted molar refractivity (Wildman–Crippen MR) is 87.4 cm³/mol. The van der Waals surface area contributed by atoms with E-state index in [1.807, 2.05) is 0 Å². The summed E-state index contributed by atoms with van der Waals surface area (Å²) in [5.41, 5.74) is -1.15. The second-order valence-corrected chi connectivity index (χ2v) is 5.97. The van der Waals surface area contributed by atoms with E-state index in [1.54, 1.807) is 0 Å². The van der Waals surface area contributed by atoms with Gasteiger partial charge in [-0.25, -0.2) is 0 Å². The molecule has 0 saturated carbocycles. The van der Waals surface area contributed by atoms with Crippen LogP contribution in [0.3, 0.4) is 0 Å². The number of nitrogens with zero attached hydrogens (tertiary/aromatic N) is 3. The Kier molecular flexibility index (Phi) is 3.97. The van der Waals surface area contributed by atoms with E-state index < -0.39 is 39.6 Å². The van der Waals surface area contributed by atoms with Crippen LogP contribution in [0.4, 0.5) is 11.4 Å². The maximum atomic E-state index is 12.5. The molecule has 128 valence electrons. The summed E-state index contributed by atoms with van der Waals surface area (Å²) in [4.78, 5) is 46.7. The smallest absolute Gasteiger partial charge is 0.284 e. The first-order chi connectivity index (χ1) is 11.8. The number of carbonyl (C=O) groups is 2. The fourth-order valence-electron chi connectivity index (χ4n) is 2.76. The number of imide groups is 1. The van der Waals surface area contributed by atoms with Crippen LogP contribution in [0.1, 0.15) is 20.7 Å². The molecule has 0 atom stereocenters. The van der Waals surface area contributed by atoms with E-state index in [1.165, 1.54) is 0 Å². The van der Waals surface area contributed by atoms with E-state index in [2.05, 4.69) is 15.9 Å². The average molecular weight is 410 g/mol. The monoisotopic (exact) mass is 409 g/mol. The van der Waals surface area contributed by atoms with Crippen molar-refractivity contribution in [1.29, 1.82) is 0 Å². The van der Waals surface area contributed by atoms with Gasteiger partial charge in [-0.3, -0.25) is 34.7 Å². The van der Waals surface area contributed by atoms with Crippen LogP contribution in [0.25, 0.3) is 10.8 Å². The minimum absolute atomic E-state index is 0.0266. The van der Waals surface area contributed by atoms with Gasteiger partial charge >= 0.3 is 0 Å². The number of hydrogen-bond acceptors (Lipinski definition) is 7. The molecule has 1 heterocycles. The molecule has 10 nitrogen and oxygen atoms in total. The van der Waals surface area contributed by atoms with Crippen molar-refractivity contribution >= 4 is 49.9 Å². The van der Waals surface area contributed by atoms with Crippen LogP contribution in [0.5, 0.6) is 0 Å². The van der Waals surface area contributed by atoms with Gasteiger partial charge in [0.05, 0.1) is 34.1 Å². The second-order valence-electron chi connectivity index (χ2n) is 5.17. The van der Waals surface area contributed by atoms with Crippen LogP contribution in [-0.2, 0) is 0 Å². The van der Waals surface area contributed by atoms with E-state index in [0.29, 0.717) is 4.90 Å². The van der Waals surface area contributed by atoms with E-state index in [4.69, 9.17) is 5.11 Å². The largest absolute Gasteiger partial charge is 0.395 e. The van der Waals surface area contributed by atoms with Crippen molar-refractivity contribution in [1.82, 2.24) is 4.90 Å². The highest BCUT2D eigenvalue weighted by Gasteiger charge is 2.37. The lowest BCUT2D eigenvalue weighted by molar-refractivity contribution is -0.385. The summed E-state index contributed by atoms with van der Waals surface area (Å²) in [5.74, 6) is -1.61. The highest BCUT2D eigenvalue weighted by Crippen LogP contribution is 2.41. The molecule has 0 spiro atoms. The highest BCUT2D eigenvalue weighted by molar-refractivity contribution is 9.10. The summed E-state index contributed by atoms with van der Waals surface area (Å²) >= 11 is 3.03. The number of non-ortho nitro benzene ring substituents is 1. The average Bonchev–Trinajstić information content (AvgIpc) is 2.56. The van der Waals surface area contributed by atoms with Crippen molar-refractivity contribution in [2.45, 2.75) is 0 Å². The Morgan fingerprint density at radius 3 is 2.16 bits per heavy atom. The molecule has 11 heteroatoms. The van der Waals surface area contributed by atoms with Crippen molar-refractivity contribution in [2.75, 3.05) is 13.2 Å². The molecule has 1 N–H and O–H groups in total. The number of hydrogen-bond donors (Lipinski definition) is 1. The number of nitro groups is 2. The number of aliphatic hydroxyl groups is 1. The quantitative estimate of drug-likeness (QED) is 0.461. The van der Waals surface area contributed by atoms with Crippen molar-refractivity contribution in [2.24, 2.45) is 0 Å². The molecular formula is C14H8BrN3O7. The molecular weight excluding hydrogens is 402 g/mol. The fourth-order valence-corrected chi connectivity index (χ4v) is 3.33. The van der Waals surface area contributed by atoms with Gasteiger partial charge < -0.3 is 5.11 Å². The molecule has 0 fully saturated rings. The zero-order valence-corrected chi connectivity index (χ0v) is 13.8. The number of nitro benzene ring substituents is 2. The van der Waals surface area contributed by atoms with Gasteiger partial charge in [0.25, 0.3) is 23.2 Å². The third kappa shape index (κ3) is 2.44. The lowest BCUT2D eigenvalue weighted by Gasteiger charge is -2.26. The Balaban J connectivity index is 2.48. The van der Waals surface area contributed by atoms with Gasteiger partial charge in [0, 0.05) is 29.0 Å². The Morgan fingerprint density at radius 1 is 1.04 bits per heavy atom. The van der Waals surface area contributed by atoms with Crippen LogP contribution in [0.2, 0.25) is 0 Å². The van der Waals surface area contributed by atoms with Crippen molar-refractivity contribution in [3.05, 3.63) is 54.0 Å². The summed E-state index contributed by atoms with van der Waals surface area (Å²) in [6.07, 6.45) is 0. The second kappa shape index (κ2) is 5.86. The maximum Gasteiger partial charge on any atom is 0.284 e. The van der Waals surface area contributed by atoms with Crippen LogP contribution >= 0.6 is 15.9 Å². The molecule has 0 saturated heterocycles. The van der Waals surface area contributed by atoms with E-state index >= 15 is 0 Å². The lowest BCUT2D eigenvalue weighted by atomic mass is 9.92. The van der Waals surface area contributed by atoms with Gasteiger partial charge in [-0.15, -0.1) is 0 Å². The molecule has 2 aromatic rings. The molecule has 2 aromatic carbocycles. The third-order valence-electron chi connectivity index (χ3n) is 3.82. The standard InChI is InChI=1S/C14H8BrN3O7/c15-12-7-3-6(17(22)23)4-8-11(7)9(5-10(12)18(24)25)14(21)16(1-2-19)13(8)20/h3-5,19H,1-2H2. The van der Waals surface area contributed by atoms with Gasteiger partial charge in [0.2, 0.25) is 0 Å². The number of benzene rings is 2. The van der Waals surface area contributed by atoms with Crippen molar-refractivity contribution in [3.63, 3.8) is 0 Å². The number of β-amino-alcohol motifs (C(OH)–C–C–N with tert-alkyl or cyclic N) is 1. The topological polar surface area (TPSA) is 144 Å². The molecule has 0 bridgehead atoms. The zero-order chi connectivity index (χ0) is 18.5. The molecule has 2 amide bonds. The molecule has 0 aromatic heterocycles. The summed E-state index contributed by atoms with van der Waals surface area (Å²) in [7, 11) is 0. The molecule has 0 unspecified atom stereocenters. The number of halogens is 1. The summed E-state index contributed by atoms with van der Waals surface area (Å²) < 4.78 is -0.0580. The zero-order valence-electron chi connectivity index (χ0n) is 12.3. The molecule has 25 heavy (non-hydrogen) atoms. The molecule has 0 aliphatic carbocycles. The van der Waals surface area contributed by atoms with Crippen LogP contribution in [-0.4, -0.2) is 44.8 Å². The summed E-state index contributed by atoms with van der Waals surface area (Å²) in [6, 6.07) is 3.10. The minimum Gasteiger partial charge on any atom is -0.395 e. The van der Waals surface area contributed by atoms with Crippen LogP contribution in [0.15, 0.2) is 22.7 Å². The highest BCUT2D eigenvalue weighted by atomic mass is 79.9. The van der Waals surface area contributed by atoms with E-state index in [9.17, 15) is 29.8 Å². The van der Waals surface area contributed by atoms with E-state index in [0.717, 1.165) is 18.2 Å². The van der Waals surface area contributed by atoms with Crippen molar-refractivity contribution in [3.8, 4) is 0 Å². The minimum atomic E-state index is -0.805. The Bertz CT molecular complexity index is 966. The predicted octanol–water partition coefficient (Wildman–Crippen LogP) is 2.01. The Morgan fingerprint density at radius 2 is 1.64 bits per heavy atom. The molecule has 1 aliphatic heterocycles. The molecule has 1 aliphatic rings. The van der Waals surface area contributed by atoms with Gasteiger partial charge in [0.1, 0.15) is 4.47 Å². The SMILES string of the molecule is O=C1c2cc([N+](=O)[O-])cc3c(Br)c([N+](=O)[O-])cc(c23)C(=O)N1CCO. The van der Waals surface area contributed by atoms with Crippen molar-refractivity contribution < 1.29 is 24.5 Å². The maximum absolute atomic E-state index is 12.5. The first-order valence-corrected chi connectivity index (χ1v) is 7.63. The number of carbonyl (C=O) groups excluding carboxylic acids is 2. The first-order valence-electron chi connectivity index (χ1n) is 6.84. The summed E-state index contributed by atoms with van der Waals surface area (Å²) in [5, 5.41) is 31.6. The van der Waals surface area contributed by atoms with Crippen LogP contribution in [0, 0.1) is 20.2 Å². The van der Waals surface area contributed by atoms with E-state index in [-0.39, 0.29) is 32.9 Å². The van der Waals surface area contributed by atoms with Gasteiger partial charge in [-0.05, 0) is 15.9 Å². The fraction of sp³-hybridized carbons (Fsp3) is 0.143. The summed E-state index contributed by atoms with van der Waals surface area (Å²) in [6.45, 7) is -0.839. The number of rotatable bonds is 4. The third-order valence-corrected chi connectivity index (χ3v) is 4.65. The molecule has 0 radical (unpaired) electrons.